The Balaban J connectivity index is 1.56. The van der Waals surface area contributed by atoms with Crippen LogP contribution in [0.1, 0.15) is 17.0 Å². The average molecular weight is 335 g/mol. The number of aromatic amines is 1. The van der Waals surface area contributed by atoms with Crippen LogP contribution in [0.15, 0.2) is 35.1 Å². The molecule has 2 aromatic rings. The van der Waals surface area contributed by atoms with Crippen molar-refractivity contribution in [3.8, 4) is 0 Å². The molecule has 1 unspecified atom stereocenters. The van der Waals surface area contributed by atoms with Crippen LogP contribution in [0.3, 0.4) is 0 Å². The van der Waals surface area contributed by atoms with Gasteiger partial charge in [0.15, 0.2) is 0 Å². The van der Waals surface area contributed by atoms with Gasteiger partial charge in [-0.05, 0) is 17.7 Å². The molecule has 1 amide bonds. The minimum Gasteiger partial charge on any atom is -0.351 e. The number of carbonyl (C=O) groups excluding carboxylic acids is 1. The Hall–Kier alpha value is -1.66. The number of hydrogen-bond acceptors (Lipinski definition) is 3. The van der Waals surface area contributed by atoms with Gasteiger partial charge in [-0.25, -0.2) is 4.98 Å². The smallest absolute Gasteiger partial charge is 0.237 e. The highest BCUT2D eigenvalue weighted by Crippen LogP contribution is 2.13. The summed E-state index contributed by atoms with van der Waals surface area (Å²) < 4.78 is 1.03. The van der Waals surface area contributed by atoms with Crippen molar-refractivity contribution in [3.05, 3.63) is 52.0 Å². The van der Waals surface area contributed by atoms with Gasteiger partial charge >= 0.3 is 0 Å². The summed E-state index contributed by atoms with van der Waals surface area (Å²) in [6.07, 6.45) is 2.31. The van der Waals surface area contributed by atoms with Crippen molar-refractivity contribution in [2.45, 2.75) is 25.6 Å². The summed E-state index contributed by atoms with van der Waals surface area (Å²) in [4.78, 5) is 19.5. The SMILES string of the molecule is O=C(NCc1ccc(Br)cc1)C1Cc2nc[nH]c2CN1. The van der Waals surface area contributed by atoms with Crippen LogP contribution in [0.2, 0.25) is 0 Å². The number of H-pyrrole nitrogens is 1. The van der Waals surface area contributed by atoms with Gasteiger partial charge in [-0.2, -0.15) is 0 Å². The summed E-state index contributed by atoms with van der Waals surface area (Å²) in [5, 5.41) is 6.17. The number of amides is 1. The zero-order chi connectivity index (χ0) is 13.9. The van der Waals surface area contributed by atoms with Crippen LogP contribution in [0, 0.1) is 0 Å². The minimum absolute atomic E-state index is 0.0153. The number of imidazole rings is 1. The fourth-order valence-electron chi connectivity index (χ4n) is 2.27. The molecule has 0 spiro atoms. The number of halogens is 1. The molecule has 1 atom stereocenters. The van der Waals surface area contributed by atoms with E-state index in [1.165, 1.54) is 0 Å². The first-order valence-corrected chi connectivity index (χ1v) is 7.28. The van der Waals surface area contributed by atoms with Gasteiger partial charge in [-0.15, -0.1) is 0 Å². The number of rotatable bonds is 3. The van der Waals surface area contributed by atoms with Crippen LogP contribution in [-0.4, -0.2) is 21.9 Å². The molecule has 0 saturated heterocycles. The highest BCUT2D eigenvalue weighted by molar-refractivity contribution is 9.10. The lowest BCUT2D eigenvalue weighted by Gasteiger charge is -2.22. The lowest BCUT2D eigenvalue weighted by molar-refractivity contribution is -0.123. The first-order valence-electron chi connectivity index (χ1n) is 6.49. The summed E-state index contributed by atoms with van der Waals surface area (Å²) in [6, 6.07) is 7.71. The molecule has 0 bridgehead atoms. The second-order valence-electron chi connectivity index (χ2n) is 4.81. The van der Waals surface area contributed by atoms with Crippen molar-refractivity contribution in [1.82, 2.24) is 20.6 Å². The molecule has 1 aliphatic rings. The summed E-state index contributed by atoms with van der Waals surface area (Å²) in [7, 11) is 0. The first-order chi connectivity index (χ1) is 9.72. The van der Waals surface area contributed by atoms with E-state index in [1.54, 1.807) is 6.33 Å². The molecular formula is C14H15BrN4O. The molecule has 1 aromatic heterocycles. The van der Waals surface area contributed by atoms with Crippen molar-refractivity contribution in [3.63, 3.8) is 0 Å². The molecule has 1 aromatic carbocycles. The van der Waals surface area contributed by atoms with Gasteiger partial charge in [0.25, 0.3) is 0 Å². The molecule has 5 nitrogen and oxygen atoms in total. The molecule has 2 heterocycles. The fourth-order valence-corrected chi connectivity index (χ4v) is 2.53. The molecule has 1 aliphatic heterocycles. The fraction of sp³-hybridized carbons (Fsp3) is 0.286. The van der Waals surface area contributed by atoms with Crippen molar-refractivity contribution in [1.29, 1.82) is 0 Å². The molecule has 104 valence electrons. The lowest BCUT2D eigenvalue weighted by Crippen LogP contribution is -2.47. The van der Waals surface area contributed by atoms with Gasteiger partial charge in [0.2, 0.25) is 5.91 Å². The Morgan fingerprint density at radius 1 is 1.40 bits per heavy atom. The average Bonchev–Trinajstić information content (AvgIpc) is 2.93. The topological polar surface area (TPSA) is 69.8 Å². The highest BCUT2D eigenvalue weighted by Gasteiger charge is 2.25. The van der Waals surface area contributed by atoms with Crippen LogP contribution >= 0.6 is 15.9 Å². The molecule has 20 heavy (non-hydrogen) atoms. The van der Waals surface area contributed by atoms with E-state index in [2.05, 4.69) is 36.5 Å². The maximum absolute atomic E-state index is 12.1. The largest absolute Gasteiger partial charge is 0.351 e. The normalized spacial score (nSPS) is 17.6. The van der Waals surface area contributed by atoms with Gasteiger partial charge in [0.1, 0.15) is 0 Å². The zero-order valence-electron chi connectivity index (χ0n) is 10.8. The predicted molar refractivity (Wildman–Crippen MR) is 78.9 cm³/mol. The number of aromatic nitrogens is 2. The zero-order valence-corrected chi connectivity index (χ0v) is 12.4. The molecule has 3 N–H and O–H groups in total. The maximum Gasteiger partial charge on any atom is 0.237 e. The van der Waals surface area contributed by atoms with Crippen molar-refractivity contribution < 1.29 is 4.79 Å². The Morgan fingerprint density at radius 3 is 3.00 bits per heavy atom. The number of nitrogens with one attached hydrogen (secondary N) is 3. The summed E-state index contributed by atoms with van der Waals surface area (Å²) in [5.41, 5.74) is 3.13. The lowest BCUT2D eigenvalue weighted by atomic mass is 10.0. The number of fused-ring (bicyclic) bond motifs is 1. The third kappa shape index (κ3) is 2.91. The quantitative estimate of drug-likeness (QED) is 0.796. The van der Waals surface area contributed by atoms with E-state index in [0.717, 1.165) is 21.4 Å². The maximum atomic E-state index is 12.1. The minimum atomic E-state index is -0.207. The van der Waals surface area contributed by atoms with Gasteiger partial charge in [-0.1, -0.05) is 28.1 Å². The molecular weight excluding hydrogens is 320 g/mol. The van der Waals surface area contributed by atoms with Crippen LogP contribution in [-0.2, 0) is 24.3 Å². The standard InChI is InChI=1S/C14H15BrN4O/c15-10-3-1-9(2-4-10)6-17-14(20)12-5-11-13(7-16-12)19-8-18-11/h1-4,8,12,16H,5-7H2,(H,17,20)(H,18,19). The Bertz CT molecular complexity index is 608. The monoisotopic (exact) mass is 334 g/mol. The summed E-state index contributed by atoms with van der Waals surface area (Å²) in [6.45, 7) is 1.20. The van der Waals surface area contributed by atoms with Crippen molar-refractivity contribution >= 4 is 21.8 Å². The molecule has 3 rings (SSSR count). The van der Waals surface area contributed by atoms with E-state index in [4.69, 9.17) is 0 Å². The first kappa shape index (κ1) is 13.3. The third-order valence-corrected chi connectivity index (χ3v) is 3.96. The second-order valence-corrected chi connectivity index (χ2v) is 5.73. The number of hydrogen-bond donors (Lipinski definition) is 3. The molecule has 0 fully saturated rings. The van der Waals surface area contributed by atoms with E-state index in [9.17, 15) is 4.79 Å². The number of carbonyl (C=O) groups is 1. The molecule has 0 radical (unpaired) electrons. The van der Waals surface area contributed by atoms with E-state index in [-0.39, 0.29) is 11.9 Å². The van der Waals surface area contributed by atoms with Crippen LogP contribution in [0.25, 0.3) is 0 Å². The molecule has 6 heteroatoms. The number of nitrogens with zero attached hydrogens (tertiary/aromatic N) is 1. The molecule has 0 aliphatic carbocycles. The predicted octanol–water partition coefficient (Wildman–Crippen LogP) is 1.50. The van der Waals surface area contributed by atoms with Crippen LogP contribution in [0.5, 0.6) is 0 Å². The Labute approximate surface area is 125 Å². The number of benzene rings is 1. The van der Waals surface area contributed by atoms with Crippen LogP contribution < -0.4 is 10.6 Å². The van der Waals surface area contributed by atoms with E-state index < -0.39 is 0 Å². The Kier molecular flexibility index (Phi) is 3.84. The van der Waals surface area contributed by atoms with E-state index >= 15 is 0 Å². The van der Waals surface area contributed by atoms with Gasteiger partial charge < -0.3 is 10.3 Å². The Morgan fingerprint density at radius 2 is 2.20 bits per heavy atom. The third-order valence-electron chi connectivity index (χ3n) is 3.43. The van der Waals surface area contributed by atoms with E-state index in [0.29, 0.717) is 19.5 Å². The van der Waals surface area contributed by atoms with E-state index in [1.807, 2.05) is 24.3 Å². The van der Waals surface area contributed by atoms with Gasteiger partial charge in [0.05, 0.1) is 23.8 Å². The summed E-state index contributed by atoms with van der Waals surface area (Å²) in [5.74, 6) is 0.0153. The van der Waals surface area contributed by atoms with Crippen molar-refractivity contribution in [2.24, 2.45) is 0 Å². The van der Waals surface area contributed by atoms with Gasteiger partial charge in [-0.3, -0.25) is 10.1 Å². The van der Waals surface area contributed by atoms with Gasteiger partial charge in [0, 0.05) is 24.0 Å². The highest BCUT2D eigenvalue weighted by atomic mass is 79.9. The van der Waals surface area contributed by atoms with Crippen molar-refractivity contribution in [2.75, 3.05) is 0 Å². The molecule has 0 saturated carbocycles. The van der Waals surface area contributed by atoms with Crippen LogP contribution in [0.4, 0.5) is 0 Å². The second kappa shape index (κ2) is 5.76. The summed E-state index contributed by atoms with van der Waals surface area (Å²) >= 11 is 3.39.